The van der Waals surface area contributed by atoms with Gasteiger partial charge < -0.3 is 25.2 Å². The summed E-state index contributed by atoms with van der Waals surface area (Å²) in [6.45, 7) is 2.04. The lowest BCUT2D eigenvalue weighted by Crippen LogP contribution is -2.45. The molecular formula is C30H38N2O6. The zero-order chi connectivity index (χ0) is 27.2. The zero-order valence-electron chi connectivity index (χ0n) is 21.9. The minimum atomic E-state index is -0.579. The van der Waals surface area contributed by atoms with Crippen LogP contribution in [0.5, 0.6) is 5.75 Å². The number of amides is 2. The Morgan fingerprint density at radius 1 is 1.11 bits per heavy atom. The van der Waals surface area contributed by atoms with E-state index in [-0.39, 0.29) is 43.5 Å². The second-order valence-electron chi connectivity index (χ2n) is 9.66. The predicted molar refractivity (Wildman–Crippen MR) is 144 cm³/mol. The number of carbonyl (C=O) groups is 3. The molecule has 1 aliphatic heterocycles. The molecule has 1 heterocycles. The van der Waals surface area contributed by atoms with Gasteiger partial charge in [-0.15, -0.1) is 0 Å². The van der Waals surface area contributed by atoms with Gasteiger partial charge in [-0.25, -0.2) is 0 Å². The third kappa shape index (κ3) is 10.4. The van der Waals surface area contributed by atoms with Crippen molar-refractivity contribution in [2.75, 3.05) is 13.2 Å². The molecule has 204 valence electrons. The Labute approximate surface area is 224 Å². The molecule has 0 aromatic heterocycles. The van der Waals surface area contributed by atoms with E-state index in [0.29, 0.717) is 38.7 Å². The van der Waals surface area contributed by atoms with Gasteiger partial charge in [0.25, 0.3) is 0 Å². The summed E-state index contributed by atoms with van der Waals surface area (Å²) in [6.07, 6.45) is 6.34. The molecule has 8 heteroatoms. The van der Waals surface area contributed by atoms with Gasteiger partial charge in [-0.05, 0) is 55.9 Å². The van der Waals surface area contributed by atoms with Gasteiger partial charge in [-0.2, -0.15) is 0 Å². The quantitative estimate of drug-likeness (QED) is 0.343. The summed E-state index contributed by atoms with van der Waals surface area (Å²) >= 11 is 0. The Kier molecular flexibility index (Phi) is 11.8. The maximum Gasteiger partial charge on any atom is 0.305 e. The average molecular weight is 523 g/mol. The summed E-state index contributed by atoms with van der Waals surface area (Å²) in [7, 11) is 0. The van der Waals surface area contributed by atoms with Crippen LogP contribution in [-0.4, -0.2) is 48.2 Å². The Morgan fingerprint density at radius 3 is 2.61 bits per heavy atom. The Morgan fingerprint density at radius 2 is 1.87 bits per heavy atom. The van der Waals surface area contributed by atoms with Crippen LogP contribution in [-0.2, 0) is 32.1 Å². The summed E-state index contributed by atoms with van der Waals surface area (Å²) in [6, 6.07) is 16.7. The predicted octanol–water partition coefficient (Wildman–Crippen LogP) is 3.47. The fourth-order valence-corrected chi connectivity index (χ4v) is 4.11. The summed E-state index contributed by atoms with van der Waals surface area (Å²) in [5.74, 6) is -0.707. The van der Waals surface area contributed by atoms with Crippen LogP contribution in [0.4, 0.5) is 0 Å². The van der Waals surface area contributed by atoms with Crippen molar-refractivity contribution < 1.29 is 29.0 Å². The minimum Gasteiger partial charge on any atom is -0.489 e. The van der Waals surface area contributed by atoms with Crippen LogP contribution >= 0.6 is 0 Å². The maximum atomic E-state index is 13.2. The maximum absolute atomic E-state index is 13.2. The second-order valence-corrected chi connectivity index (χ2v) is 9.66. The molecule has 3 rings (SSSR count). The molecule has 2 amide bonds. The first-order chi connectivity index (χ1) is 18.4. The van der Waals surface area contributed by atoms with Gasteiger partial charge in [0, 0.05) is 18.9 Å². The van der Waals surface area contributed by atoms with Crippen LogP contribution in [0.3, 0.4) is 0 Å². The van der Waals surface area contributed by atoms with Crippen LogP contribution in [0.2, 0.25) is 0 Å². The highest BCUT2D eigenvalue weighted by Crippen LogP contribution is 2.17. The summed E-state index contributed by atoms with van der Waals surface area (Å²) in [5, 5.41) is 14.9. The number of hydrogen-bond acceptors (Lipinski definition) is 6. The van der Waals surface area contributed by atoms with Crippen LogP contribution < -0.4 is 15.4 Å². The van der Waals surface area contributed by atoms with E-state index in [4.69, 9.17) is 9.47 Å². The first-order valence-electron chi connectivity index (χ1n) is 13.2. The standard InChI is InChI=1S/C30H38N2O6/c1-22(19-33)31-28(34)18-25-11-7-2-3-8-12-29(35)38-21-26(32-30(25)36)17-23-13-15-27(16-14-23)37-20-24-9-5-4-6-10-24/h2,4-7,9-10,13-16,22,25-26,33H,3,8,11-12,17-21H2,1H3,(H,31,34)(H,32,36)/t22-,25+,26-/m0/s1. The molecule has 0 unspecified atom stereocenters. The first-order valence-corrected chi connectivity index (χ1v) is 13.2. The number of cyclic esters (lactones) is 1. The van der Waals surface area contributed by atoms with Gasteiger partial charge in [0.05, 0.1) is 18.6 Å². The highest BCUT2D eigenvalue weighted by molar-refractivity contribution is 5.86. The van der Waals surface area contributed by atoms with E-state index in [2.05, 4.69) is 10.6 Å². The topological polar surface area (TPSA) is 114 Å². The van der Waals surface area contributed by atoms with Crippen molar-refractivity contribution in [2.45, 2.75) is 64.1 Å². The van der Waals surface area contributed by atoms with E-state index in [0.717, 1.165) is 16.9 Å². The second kappa shape index (κ2) is 15.6. The fourth-order valence-electron chi connectivity index (χ4n) is 4.11. The number of carbonyl (C=O) groups excluding carboxylic acids is 3. The Hall–Kier alpha value is -3.65. The number of aliphatic hydroxyl groups excluding tert-OH is 1. The monoisotopic (exact) mass is 522 g/mol. The van der Waals surface area contributed by atoms with Crippen LogP contribution in [0.25, 0.3) is 0 Å². The van der Waals surface area contributed by atoms with Crippen molar-refractivity contribution >= 4 is 17.8 Å². The number of esters is 1. The van der Waals surface area contributed by atoms with Crippen molar-refractivity contribution in [1.82, 2.24) is 10.6 Å². The number of allylic oxidation sites excluding steroid dienone is 2. The highest BCUT2D eigenvalue weighted by Gasteiger charge is 2.25. The average Bonchev–Trinajstić information content (AvgIpc) is 2.93. The zero-order valence-corrected chi connectivity index (χ0v) is 21.9. The molecule has 3 atom stereocenters. The van der Waals surface area contributed by atoms with Gasteiger partial charge in [0.15, 0.2) is 0 Å². The lowest BCUT2D eigenvalue weighted by molar-refractivity contribution is -0.145. The lowest BCUT2D eigenvalue weighted by atomic mass is 9.97. The number of rotatable bonds is 9. The third-order valence-corrected chi connectivity index (χ3v) is 6.27. The number of ether oxygens (including phenoxy) is 2. The first kappa shape index (κ1) is 28.9. The Balaban J connectivity index is 1.65. The van der Waals surface area contributed by atoms with E-state index >= 15 is 0 Å². The highest BCUT2D eigenvalue weighted by atomic mass is 16.5. The van der Waals surface area contributed by atoms with Crippen LogP contribution in [0.15, 0.2) is 66.7 Å². The molecule has 8 nitrogen and oxygen atoms in total. The van der Waals surface area contributed by atoms with E-state index in [9.17, 15) is 19.5 Å². The largest absolute Gasteiger partial charge is 0.489 e. The van der Waals surface area contributed by atoms with Crippen LogP contribution in [0, 0.1) is 5.92 Å². The smallest absolute Gasteiger partial charge is 0.305 e. The van der Waals surface area contributed by atoms with Crippen LogP contribution in [0.1, 0.15) is 50.2 Å². The SMILES string of the molecule is C[C@@H](CO)NC(=O)C[C@H]1CC=CCCCC(=O)OC[C@H](Cc2ccc(OCc3ccccc3)cc2)NC1=O. The number of aliphatic hydroxyl groups is 1. The van der Waals surface area contributed by atoms with Crippen molar-refractivity contribution in [1.29, 1.82) is 0 Å². The minimum absolute atomic E-state index is 0.000467. The summed E-state index contributed by atoms with van der Waals surface area (Å²) in [4.78, 5) is 37.9. The van der Waals surface area contributed by atoms with E-state index in [1.807, 2.05) is 66.7 Å². The summed E-state index contributed by atoms with van der Waals surface area (Å²) < 4.78 is 11.3. The van der Waals surface area contributed by atoms with Crippen molar-refractivity contribution in [3.63, 3.8) is 0 Å². The Bertz CT molecular complexity index is 1050. The molecular weight excluding hydrogens is 484 g/mol. The lowest BCUT2D eigenvalue weighted by Gasteiger charge is -2.23. The van der Waals surface area contributed by atoms with Gasteiger partial charge in [0.2, 0.25) is 11.8 Å². The van der Waals surface area contributed by atoms with E-state index in [1.54, 1.807) is 6.92 Å². The molecule has 1 aliphatic rings. The number of hydrogen-bond donors (Lipinski definition) is 3. The molecule has 38 heavy (non-hydrogen) atoms. The molecule has 0 saturated carbocycles. The molecule has 0 fully saturated rings. The molecule has 0 spiro atoms. The molecule has 2 aromatic rings. The molecule has 0 saturated heterocycles. The fraction of sp³-hybridized carbons (Fsp3) is 0.433. The molecule has 0 radical (unpaired) electrons. The van der Waals surface area contributed by atoms with Crippen molar-refractivity contribution in [3.05, 3.63) is 77.9 Å². The van der Waals surface area contributed by atoms with Gasteiger partial charge in [-0.3, -0.25) is 14.4 Å². The van der Waals surface area contributed by atoms with Crippen molar-refractivity contribution in [2.24, 2.45) is 5.92 Å². The third-order valence-electron chi connectivity index (χ3n) is 6.27. The number of benzene rings is 2. The molecule has 3 N–H and O–H groups in total. The molecule has 0 bridgehead atoms. The normalized spacial score (nSPS) is 19.6. The van der Waals surface area contributed by atoms with Crippen molar-refractivity contribution in [3.8, 4) is 5.75 Å². The van der Waals surface area contributed by atoms with Gasteiger partial charge in [-0.1, -0.05) is 54.6 Å². The van der Waals surface area contributed by atoms with Gasteiger partial charge in [0.1, 0.15) is 19.0 Å². The summed E-state index contributed by atoms with van der Waals surface area (Å²) in [5.41, 5.74) is 2.03. The van der Waals surface area contributed by atoms with E-state index < -0.39 is 12.0 Å². The molecule has 2 aromatic carbocycles. The van der Waals surface area contributed by atoms with E-state index in [1.165, 1.54) is 0 Å². The molecule has 0 aliphatic carbocycles. The number of nitrogens with one attached hydrogen (secondary N) is 2. The van der Waals surface area contributed by atoms with Gasteiger partial charge >= 0.3 is 5.97 Å².